The lowest BCUT2D eigenvalue weighted by Gasteiger charge is -2.11. The number of carbonyl (C=O) groups excluding carboxylic acids is 2. The molecular formula is C23H29NO4. The molecule has 0 aromatic heterocycles. The van der Waals surface area contributed by atoms with Gasteiger partial charge in [-0.05, 0) is 60.7 Å². The van der Waals surface area contributed by atoms with Crippen molar-refractivity contribution in [3.63, 3.8) is 0 Å². The van der Waals surface area contributed by atoms with Gasteiger partial charge in [-0.1, -0.05) is 39.3 Å². The summed E-state index contributed by atoms with van der Waals surface area (Å²) in [6, 6.07) is 14.4. The van der Waals surface area contributed by atoms with E-state index in [1.807, 2.05) is 31.2 Å². The average Bonchev–Trinajstić information content (AvgIpc) is 2.72. The van der Waals surface area contributed by atoms with Crippen LogP contribution in [0, 0.1) is 0 Å². The van der Waals surface area contributed by atoms with Gasteiger partial charge in [-0.2, -0.15) is 0 Å². The maximum Gasteiger partial charge on any atom is 0.338 e. The SMILES string of the molecule is CCCCOC(=O)c1ccc(NC(=O)COc2ccc(C(C)CC)cc2)cc1. The summed E-state index contributed by atoms with van der Waals surface area (Å²) >= 11 is 0. The molecule has 0 aliphatic heterocycles. The smallest absolute Gasteiger partial charge is 0.338 e. The molecular weight excluding hydrogens is 354 g/mol. The van der Waals surface area contributed by atoms with Crippen molar-refractivity contribution in [2.75, 3.05) is 18.5 Å². The molecule has 1 N–H and O–H groups in total. The number of hydrogen-bond donors (Lipinski definition) is 1. The molecule has 150 valence electrons. The molecule has 28 heavy (non-hydrogen) atoms. The van der Waals surface area contributed by atoms with E-state index in [1.54, 1.807) is 24.3 Å². The minimum absolute atomic E-state index is 0.0799. The Labute approximate surface area is 167 Å². The van der Waals surface area contributed by atoms with Crippen LogP contribution in [0.15, 0.2) is 48.5 Å². The fourth-order valence-electron chi connectivity index (χ4n) is 2.56. The molecule has 1 amide bonds. The van der Waals surface area contributed by atoms with Crippen molar-refractivity contribution < 1.29 is 19.1 Å². The zero-order valence-electron chi connectivity index (χ0n) is 16.9. The molecule has 2 aromatic rings. The minimum Gasteiger partial charge on any atom is -0.484 e. The lowest BCUT2D eigenvalue weighted by Crippen LogP contribution is -2.20. The van der Waals surface area contributed by atoms with Gasteiger partial charge in [-0.25, -0.2) is 4.79 Å². The van der Waals surface area contributed by atoms with Crippen LogP contribution in [-0.4, -0.2) is 25.1 Å². The highest BCUT2D eigenvalue weighted by molar-refractivity contribution is 5.93. The highest BCUT2D eigenvalue weighted by Gasteiger charge is 2.09. The lowest BCUT2D eigenvalue weighted by molar-refractivity contribution is -0.118. The molecule has 5 nitrogen and oxygen atoms in total. The van der Waals surface area contributed by atoms with Gasteiger partial charge in [-0.3, -0.25) is 4.79 Å². The van der Waals surface area contributed by atoms with Gasteiger partial charge in [0.1, 0.15) is 5.75 Å². The van der Waals surface area contributed by atoms with Gasteiger partial charge in [0.05, 0.1) is 12.2 Å². The molecule has 0 aliphatic carbocycles. The van der Waals surface area contributed by atoms with Gasteiger partial charge in [0.25, 0.3) is 5.91 Å². The molecule has 0 aliphatic rings. The van der Waals surface area contributed by atoms with Crippen LogP contribution in [0.4, 0.5) is 5.69 Å². The number of carbonyl (C=O) groups is 2. The molecule has 1 unspecified atom stereocenters. The monoisotopic (exact) mass is 383 g/mol. The summed E-state index contributed by atoms with van der Waals surface area (Å²) in [5, 5.41) is 2.75. The van der Waals surface area contributed by atoms with Crippen LogP contribution in [0.2, 0.25) is 0 Å². The fourth-order valence-corrected chi connectivity index (χ4v) is 2.56. The lowest BCUT2D eigenvalue weighted by atomic mass is 9.99. The van der Waals surface area contributed by atoms with Gasteiger partial charge >= 0.3 is 5.97 Å². The molecule has 0 radical (unpaired) electrons. The number of hydrogen-bond acceptors (Lipinski definition) is 4. The Morgan fingerprint density at radius 3 is 2.29 bits per heavy atom. The third kappa shape index (κ3) is 6.72. The second-order valence-electron chi connectivity index (χ2n) is 6.78. The number of benzene rings is 2. The summed E-state index contributed by atoms with van der Waals surface area (Å²) in [5.74, 6) is 0.552. The first-order valence-electron chi connectivity index (χ1n) is 9.83. The van der Waals surface area contributed by atoms with E-state index in [2.05, 4.69) is 19.2 Å². The number of nitrogens with one attached hydrogen (secondary N) is 1. The molecule has 0 bridgehead atoms. The topological polar surface area (TPSA) is 64.6 Å². The van der Waals surface area contributed by atoms with Gasteiger partial charge in [0, 0.05) is 5.69 Å². The van der Waals surface area contributed by atoms with E-state index in [1.165, 1.54) is 5.56 Å². The first-order valence-corrected chi connectivity index (χ1v) is 9.83. The highest BCUT2D eigenvalue weighted by Crippen LogP contribution is 2.21. The van der Waals surface area contributed by atoms with E-state index >= 15 is 0 Å². The maximum absolute atomic E-state index is 12.1. The van der Waals surface area contributed by atoms with Crippen molar-refractivity contribution >= 4 is 17.6 Å². The zero-order valence-corrected chi connectivity index (χ0v) is 16.9. The summed E-state index contributed by atoms with van der Waals surface area (Å²) in [6.45, 7) is 6.71. The molecule has 0 saturated heterocycles. The molecule has 0 saturated carbocycles. The van der Waals surface area contributed by atoms with Crippen molar-refractivity contribution in [1.82, 2.24) is 0 Å². The van der Waals surface area contributed by atoms with Gasteiger partial charge in [-0.15, -0.1) is 0 Å². The summed E-state index contributed by atoms with van der Waals surface area (Å²) in [6.07, 6.45) is 2.90. The van der Waals surface area contributed by atoms with Gasteiger partial charge < -0.3 is 14.8 Å². The second kappa shape index (κ2) is 11.1. The largest absolute Gasteiger partial charge is 0.484 e. The summed E-state index contributed by atoms with van der Waals surface area (Å²) < 4.78 is 10.7. The molecule has 0 spiro atoms. The number of esters is 1. The van der Waals surface area contributed by atoms with Crippen molar-refractivity contribution in [2.24, 2.45) is 0 Å². The molecule has 2 aromatic carbocycles. The quantitative estimate of drug-likeness (QED) is 0.454. The van der Waals surface area contributed by atoms with Crippen molar-refractivity contribution in [3.05, 3.63) is 59.7 Å². The van der Waals surface area contributed by atoms with Gasteiger partial charge in [0.15, 0.2) is 6.61 Å². The molecule has 1 atom stereocenters. The molecule has 0 fully saturated rings. The van der Waals surface area contributed by atoms with E-state index in [9.17, 15) is 9.59 Å². The summed E-state index contributed by atoms with van der Waals surface area (Å²) in [4.78, 5) is 23.9. The first kappa shape index (κ1) is 21.5. The van der Waals surface area contributed by atoms with Gasteiger partial charge in [0.2, 0.25) is 0 Å². The van der Waals surface area contributed by atoms with Crippen molar-refractivity contribution in [3.8, 4) is 5.75 Å². The van der Waals surface area contributed by atoms with Crippen LogP contribution in [0.1, 0.15) is 61.9 Å². The minimum atomic E-state index is -0.351. The number of amides is 1. The van der Waals surface area contributed by atoms with Crippen molar-refractivity contribution in [1.29, 1.82) is 0 Å². The Balaban J connectivity index is 1.80. The van der Waals surface area contributed by atoms with Crippen LogP contribution in [-0.2, 0) is 9.53 Å². The van der Waals surface area contributed by atoms with Crippen LogP contribution < -0.4 is 10.1 Å². The highest BCUT2D eigenvalue weighted by atomic mass is 16.5. The zero-order chi connectivity index (χ0) is 20.4. The summed E-state index contributed by atoms with van der Waals surface area (Å²) in [7, 11) is 0. The second-order valence-corrected chi connectivity index (χ2v) is 6.78. The van der Waals surface area contributed by atoms with E-state index in [-0.39, 0.29) is 18.5 Å². The predicted molar refractivity (Wildman–Crippen MR) is 111 cm³/mol. The number of ether oxygens (including phenoxy) is 2. The Hall–Kier alpha value is -2.82. The Bertz CT molecular complexity index is 753. The van der Waals surface area contributed by atoms with E-state index < -0.39 is 0 Å². The number of anilines is 1. The Morgan fingerprint density at radius 2 is 1.68 bits per heavy atom. The van der Waals surface area contributed by atoms with E-state index in [0.29, 0.717) is 29.5 Å². The fraction of sp³-hybridized carbons (Fsp3) is 0.391. The first-order chi connectivity index (χ1) is 13.5. The number of unbranched alkanes of at least 4 members (excludes halogenated alkanes) is 1. The van der Waals surface area contributed by atoms with Crippen LogP contribution in [0.3, 0.4) is 0 Å². The van der Waals surface area contributed by atoms with Crippen LogP contribution in [0.25, 0.3) is 0 Å². The third-order valence-corrected chi connectivity index (χ3v) is 4.57. The third-order valence-electron chi connectivity index (χ3n) is 4.57. The van der Waals surface area contributed by atoms with E-state index in [0.717, 1.165) is 19.3 Å². The molecule has 5 heteroatoms. The standard InChI is InChI=1S/C23H29NO4/c1-4-6-15-27-23(26)19-7-11-20(12-8-19)24-22(25)16-28-21-13-9-18(10-14-21)17(3)5-2/h7-14,17H,4-6,15-16H2,1-3H3,(H,24,25). The number of rotatable bonds is 10. The van der Waals surface area contributed by atoms with Crippen molar-refractivity contribution in [2.45, 2.75) is 46.0 Å². The van der Waals surface area contributed by atoms with Crippen LogP contribution in [0.5, 0.6) is 5.75 Å². The average molecular weight is 383 g/mol. The van der Waals surface area contributed by atoms with Crippen LogP contribution >= 0.6 is 0 Å². The Kier molecular flexibility index (Phi) is 8.53. The molecule has 0 heterocycles. The summed E-state index contributed by atoms with van der Waals surface area (Å²) in [5.41, 5.74) is 2.32. The Morgan fingerprint density at radius 1 is 1.00 bits per heavy atom. The predicted octanol–water partition coefficient (Wildman–Crippen LogP) is 5.17. The van der Waals surface area contributed by atoms with E-state index in [4.69, 9.17) is 9.47 Å². The maximum atomic E-state index is 12.1. The molecule has 2 rings (SSSR count). The normalized spacial score (nSPS) is 11.5.